The van der Waals surface area contributed by atoms with Crippen molar-refractivity contribution in [3.05, 3.63) is 59.0 Å². The van der Waals surface area contributed by atoms with Gasteiger partial charge in [-0.3, -0.25) is 4.79 Å². The van der Waals surface area contributed by atoms with Crippen LogP contribution < -0.4 is 5.32 Å². The minimum Gasteiger partial charge on any atom is -0.319 e. The van der Waals surface area contributed by atoms with Crippen LogP contribution in [0.25, 0.3) is 5.65 Å². The molecule has 1 amide bonds. The molecule has 0 bridgehead atoms. The van der Waals surface area contributed by atoms with E-state index < -0.39 is 17.6 Å². The first kappa shape index (κ1) is 15.3. The van der Waals surface area contributed by atoms with Crippen molar-refractivity contribution in [2.24, 2.45) is 0 Å². The van der Waals surface area contributed by atoms with E-state index in [4.69, 9.17) is 11.6 Å². The third-order valence-corrected chi connectivity index (χ3v) is 3.39. The second kappa shape index (κ2) is 5.54. The van der Waals surface area contributed by atoms with E-state index in [1.54, 1.807) is 6.07 Å². The SMILES string of the molecule is O=C(Nc1cc(C(F)(F)F)ccc1Cl)c1ccnc2ccnn12. The Labute approximate surface area is 132 Å². The number of anilines is 1. The van der Waals surface area contributed by atoms with Gasteiger partial charge in [0.15, 0.2) is 5.65 Å². The number of rotatable bonds is 2. The number of nitrogens with zero attached hydrogens (tertiary/aromatic N) is 3. The number of hydrogen-bond acceptors (Lipinski definition) is 3. The van der Waals surface area contributed by atoms with Gasteiger partial charge in [-0.05, 0) is 24.3 Å². The van der Waals surface area contributed by atoms with Crippen LogP contribution in [0.3, 0.4) is 0 Å². The molecule has 3 aromatic rings. The van der Waals surface area contributed by atoms with Gasteiger partial charge in [0.05, 0.1) is 22.5 Å². The normalized spacial score (nSPS) is 11.7. The molecule has 3 rings (SSSR count). The van der Waals surface area contributed by atoms with Crippen molar-refractivity contribution in [2.75, 3.05) is 5.32 Å². The molecule has 23 heavy (non-hydrogen) atoms. The molecule has 9 heteroatoms. The summed E-state index contributed by atoms with van der Waals surface area (Å²) >= 11 is 5.86. The topological polar surface area (TPSA) is 59.3 Å². The van der Waals surface area contributed by atoms with Crippen LogP contribution >= 0.6 is 11.6 Å². The molecule has 2 heterocycles. The average Bonchev–Trinajstić information content (AvgIpc) is 2.96. The summed E-state index contributed by atoms with van der Waals surface area (Å²) in [4.78, 5) is 16.3. The summed E-state index contributed by atoms with van der Waals surface area (Å²) in [6, 6.07) is 5.69. The van der Waals surface area contributed by atoms with Crippen LogP contribution in [0.5, 0.6) is 0 Å². The summed E-state index contributed by atoms with van der Waals surface area (Å²) < 4.78 is 39.5. The zero-order valence-electron chi connectivity index (χ0n) is 11.3. The standard InChI is InChI=1S/C14H8ClF3N4O/c15-9-2-1-8(14(16,17)18)7-10(9)21-13(23)11-3-5-19-12-4-6-20-22(11)12/h1-7H,(H,21,23). The van der Waals surface area contributed by atoms with Crippen LogP contribution in [-0.2, 0) is 6.18 Å². The molecule has 0 radical (unpaired) electrons. The summed E-state index contributed by atoms with van der Waals surface area (Å²) in [5.41, 5.74) is -0.485. The Morgan fingerprint density at radius 3 is 2.70 bits per heavy atom. The molecular weight excluding hydrogens is 333 g/mol. The molecule has 0 unspecified atom stereocenters. The lowest BCUT2D eigenvalue weighted by atomic mass is 10.2. The molecule has 1 aromatic carbocycles. The Morgan fingerprint density at radius 1 is 1.17 bits per heavy atom. The number of alkyl halides is 3. The average molecular weight is 341 g/mol. The number of halogens is 4. The van der Waals surface area contributed by atoms with Crippen molar-refractivity contribution >= 4 is 28.8 Å². The highest BCUT2D eigenvalue weighted by molar-refractivity contribution is 6.33. The number of amides is 1. The van der Waals surface area contributed by atoms with Gasteiger partial charge in [0.1, 0.15) is 5.69 Å². The van der Waals surface area contributed by atoms with Gasteiger partial charge in [-0.15, -0.1) is 0 Å². The molecular formula is C14H8ClF3N4O. The molecule has 2 aromatic heterocycles. The van der Waals surface area contributed by atoms with Crippen molar-refractivity contribution in [3.8, 4) is 0 Å². The van der Waals surface area contributed by atoms with Gasteiger partial charge in [0.2, 0.25) is 0 Å². The molecule has 0 aliphatic carbocycles. The second-order valence-corrected chi connectivity index (χ2v) is 4.98. The fraction of sp³-hybridized carbons (Fsp3) is 0.0714. The summed E-state index contributed by atoms with van der Waals surface area (Å²) in [6.07, 6.45) is -1.67. The molecule has 0 fully saturated rings. The van der Waals surface area contributed by atoms with Gasteiger partial charge in [-0.25, -0.2) is 9.50 Å². The van der Waals surface area contributed by atoms with E-state index >= 15 is 0 Å². The largest absolute Gasteiger partial charge is 0.416 e. The molecule has 5 nitrogen and oxygen atoms in total. The molecule has 0 atom stereocenters. The molecule has 0 spiro atoms. The Morgan fingerprint density at radius 2 is 1.96 bits per heavy atom. The fourth-order valence-corrected chi connectivity index (χ4v) is 2.15. The first-order valence-electron chi connectivity index (χ1n) is 6.33. The Hall–Kier alpha value is -2.61. The number of benzene rings is 1. The monoisotopic (exact) mass is 340 g/mol. The van der Waals surface area contributed by atoms with Crippen LogP contribution in [-0.4, -0.2) is 20.5 Å². The maximum absolute atomic E-state index is 12.7. The molecule has 0 aliphatic heterocycles. The zero-order chi connectivity index (χ0) is 16.6. The highest BCUT2D eigenvalue weighted by atomic mass is 35.5. The Kier molecular flexibility index (Phi) is 3.69. The maximum atomic E-state index is 12.7. The first-order valence-corrected chi connectivity index (χ1v) is 6.71. The summed E-state index contributed by atoms with van der Waals surface area (Å²) in [5, 5.41) is 6.30. The quantitative estimate of drug-likeness (QED) is 0.774. The van der Waals surface area contributed by atoms with Gasteiger partial charge in [0, 0.05) is 12.3 Å². The lowest BCUT2D eigenvalue weighted by Crippen LogP contribution is -2.17. The Balaban J connectivity index is 1.96. The Bertz CT molecular complexity index is 891. The highest BCUT2D eigenvalue weighted by Gasteiger charge is 2.31. The van der Waals surface area contributed by atoms with Crippen LogP contribution in [0.4, 0.5) is 18.9 Å². The third-order valence-electron chi connectivity index (χ3n) is 3.06. The minimum absolute atomic E-state index is 0.00267. The maximum Gasteiger partial charge on any atom is 0.416 e. The lowest BCUT2D eigenvalue weighted by molar-refractivity contribution is -0.137. The number of fused-ring (bicyclic) bond motifs is 1. The zero-order valence-corrected chi connectivity index (χ0v) is 12.1. The van der Waals surface area contributed by atoms with Crippen LogP contribution in [0.15, 0.2) is 42.7 Å². The highest BCUT2D eigenvalue weighted by Crippen LogP contribution is 2.33. The van der Waals surface area contributed by atoms with Gasteiger partial charge in [-0.1, -0.05) is 11.6 Å². The molecule has 118 valence electrons. The van der Waals surface area contributed by atoms with Crippen molar-refractivity contribution in [3.63, 3.8) is 0 Å². The van der Waals surface area contributed by atoms with Crippen molar-refractivity contribution in [1.29, 1.82) is 0 Å². The predicted molar refractivity (Wildman–Crippen MR) is 77.4 cm³/mol. The van der Waals surface area contributed by atoms with E-state index in [2.05, 4.69) is 15.4 Å². The summed E-state index contributed by atoms with van der Waals surface area (Å²) in [7, 11) is 0. The number of carbonyl (C=O) groups excluding carboxylic acids is 1. The summed E-state index contributed by atoms with van der Waals surface area (Å²) in [6.45, 7) is 0. The molecule has 0 saturated carbocycles. The smallest absolute Gasteiger partial charge is 0.319 e. The lowest BCUT2D eigenvalue weighted by Gasteiger charge is -2.12. The second-order valence-electron chi connectivity index (χ2n) is 4.58. The van der Waals surface area contributed by atoms with Crippen LogP contribution in [0.2, 0.25) is 5.02 Å². The van der Waals surface area contributed by atoms with E-state index in [-0.39, 0.29) is 16.4 Å². The first-order chi connectivity index (χ1) is 10.9. The van der Waals surface area contributed by atoms with Gasteiger partial charge >= 0.3 is 6.18 Å². The minimum atomic E-state index is -4.53. The van der Waals surface area contributed by atoms with Gasteiger partial charge in [-0.2, -0.15) is 18.3 Å². The van der Waals surface area contributed by atoms with Gasteiger partial charge in [0.25, 0.3) is 5.91 Å². The summed E-state index contributed by atoms with van der Waals surface area (Å²) in [5.74, 6) is -0.651. The molecule has 0 aliphatic rings. The van der Waals surface area contributed by atoms with Crippen molar-refractivity contribution in [2.45, 2.75) is 6.18 Å². The van der Waals surface area contributed by atoms with Crippen LogP contribution in [0, 0.1) is 0 Å². The predicted octanol–water partition coefficient (Wildman–Crippen LogP) is 3.65. The number of hydrogen-bond donors (Lipinski definition) is 1. The van der Waals surface area contributed by atoms with E-state index in [1.807, 2.05) is 0 Å². The van der Waals surface area contributed by atoms with Gasteiger partial charge < -0.3 is 5.32 Å². The molecule has 0 saturated heterocycles. The van der Waals surface area contributed by atoms with Crippen molar-refractivity contribution in [1.82, 2.24) is 14.6 Å². The third kappa shape index (κ3) is 2.98. The van der Waals surface area contributed by atoms with E-state index in [0.29, 0.717) is 5.65 Å². The number of aromatic nitrogens is 3. The number of nitrogens with one attached hydrogen (secondary N) is 1. The fourth-order valence-electron chi connectivity index (χ4n) is 1.99. The van der Waals surface area contributed by atoms with E-state index in [9.17, 15) is 18.0 Å². The van der Waals surface area contributed by atoms with Crippen molar-refractivity contribution < 1.29 is 18.0 Å². The van der Waals surface area contributed by atoms with E-state index in [0.717, 1.165) is 18.2 Å². The number of carbonyl (C=O) groups is 1. The van der Waals surface area contributed by atoms with E-state index in [1.165, 1.54) is 23.0 Å². The molecule has 1 N–H and O–H groups in total. The van der Waals surface area contributed by atoms with Crippen LogP contribution in [0.1, 0.15) is 16.1 Å².